The first-order chi connectivity index (χ1) is 6.09. The number of hydrogen-bond donors (Lipinski definition) is 2. The van der Waals surface area contributed by atoms with Crippen LogP contribution in [0.25, 0.3) is 0 Å². The van der Waals surface area contributed by atoms with Crippen LogP contribution in [0.3, 0.4) is 0 Å². The van der Waals surface area contributed by atoms with Crippen LogP contribution in [0.1, 0.15) is 5.56 Å². The number of primary amides is 1. The molecule has 4 nitrogen and oxygen atoms in total. The molecule has 0 saturated carbocycles. The molecule has 1 aromatic rings. The minimum atomic E-state index is -0.700. The van der Waals surface area contributed by atoms with Gasteiger partial charge in [0.05, 0.1) is 5.69 Å². The van der Waals surface area contributed by atoms with E-state index < -0.39 is 5.91 Å². The second-order valence-electron chi connectivity index (χ2n) is 2.22. The first kappa shape index (κ1) is 9.36. The molecule has 0 unspecified atom stereocenters. The van der Waals surface area contributed by atoms with Gasteiger partial charge in [0.1, 0.15) is 0 Å². The van der Waals surface area contributed by atoms with Crippen molar-refractivity contribution in [1.82, 2.24) is 4.98 Å². The molecule has 5 heteroatoms. The van der Waals surface area contributed by atoms with Crippen molar-refractivity contribution in [1.29, 1.82) is 0 Å². The van der Waals surface area contributed by atoms with Gasteiger partial charge in [-0.05, 0) is 6.07 Å². The standard InChI is InChI=1S/C8H6ClN3O/c9-8-6(10)3-5(4-12-8)1-2-7(11)13/h3-4H,10H2,(H2,11,13). The summed E-state index contributed by atoms with van der Waals surface area (Å²) in [6.45, 7) is 0. The van der Waals surface area contributed by atoms with Crippen LogP contribution in [-0.2, 0) is 4.79 Å². The van der Waals surface area contributed by atoms with E-state index in [1.54, 1.807) is 0 Å². The molecule has 4 N–H and O–H groups in total. The highest BCUT2D eigenvalue weighted by atomic mass is 35.5. The fourth-order valence-electron chi connectivity index (χ4n) is 0.667. The first-order valence-electron chi connectivity index (χ1n) is 3.32. The summed E-state index contributed by atoms with van der Waals surface area (Å²) in [4.78, 5) is 14.0. The SMILES string of the molecule is NC(=O)C#Cc1cnc(Cl)c(N)c1. The van der Waals surface area contributed by atoms with Crippen LogP contribution < -0.4 is 11.5 Å². The van der Waals surface area contributed by atoms with Gasteiger partial charge in [0.2, 0.25) is 0 Å². The van der Waals surface area contributed by atoms with Crippen LogP contribution in [-0.4, -0.2) is 10.9 Å². The van der Waals surface area contributed by atoms with Gasteiger partial charge in [-0.1, -0.05) is 17.5 Å². The summed E-state index contributed by atoms with van der Waals surface area (Å²) in [6.07, 6.45) is 1.41. The van der Waals surface area contributed by atoms with E-state index in [9.17, 15) is 4.79 Å². The maximum atomic E-state index is 10.3. The topological polar surface area (TPSA) is 82.0 Å². The third-order valence-corrected chi connectivity index (χ3v) is 1.51. The summed E-state index contributed by atoms with van der Waals surface area (Å²) in [5.74, 6) is 3.94. The van der Waals surface area contributed by atoms with Crippen molar-refractivity contribution < 1.29 is 4.79 Å². The summed E-state index contributed by atoms with van der Waals surface area (Å²) in [6, 6.07) is 1.52. The van der Waals surface area contributed by atoms with Gasteiger partial charge >= 0.3 is 0 Å². The highest BCUT2D eigenvalue weighted by molar-refractivity contribution is 6.31. The molecule has 1 rings (SSSR count). The molecule has 0 saturated heterocycles. The third-order valence-electron chi connectivity index (χ3n) is 1.20. The van der Waals surface area contributed by atoms with Crippen molar-refractivity contribution in [2.75, 3.05) is 5.73 Å². The summed E-state index contributed by atoms with van der Waals surface area (Å²) in [7, 11) is 0. The van der Waals surface area contributed by atoms with Gasteiger partial charge in [0.25, 0.3) is 5.91 Å². The smallest absolute Gasteiger partial charge is 0.293 e. The molecule has 0 aliphatic carbocycles. The summed E-state index contributed by atoms with van der Waals surface area (Å²) in [5.41, 5.74) is 11.1. The van der Waals surface area contributed by atoms with E-state index in [-0.39, 0.29) is 5.15 Å². The van der Waals surface area contributed by atoms with Crippen molar-refractivity contribution in [2.24, 2.45) is 5.73 Å². The number of nitrogens with two attached hydrogens (primary N) is 2. The Morgan fingerprint density at radius 1 is 1.62 bits per heavy atom. The molecule has 1 heterocycles. The number of nitrogens with zero attached hydrogens (tertiary/aromatic N) is 1. The fourth-order valence-corrected chi connectivity index (χ4v) is 0.771. The Bertz CT molecular complexity index is 406. The van der Waals surface area contributed by atoms with Gasteiger partial charge in [0, 0.05) is 17.7 Å². The lowest BCUT2D eigenvalue weighted by molar-refractivity contribution is -0.112. The average Bonchev–Trinajstić information content (AvgIpc) is 2.07. The fraction of sp³-hybridized carbons (Fsp3) is 0. The van der Waals surface area contributed by atoms with Crippen molar-refractivity contribution in [3.05, 3.63) is 23.0 Å². The van der Waals surface area contributed by atoms with E-state index in [4.69, 9.17) is 23.1 Å². The average molecular weight is 196 g/mol. The molecule has 1 amide bonds. The second kappa shape index (κ2) is 3.78. The van der Waals surface area contributed by atoms with Gasteiger partial charge in [0.15, 0.2) is 5.15 Å². The summed E-state index contributed by atoms with van der Waals surface area (Å²) < 4.78 is 0. The summed E-state index contributed by atoms with van der Waals surface area (Å²) >= 11 is 5.57. The molecule has 66 valence electrons. The number of amides is 1. The van der Waals surface area contributed by atoms with E-state index in [0.717, 1.165) is 0 Å². The number of hydrogen-bond acceptors (Lipinski definition) is 3. The predicted octanol–water partition coefficient (Wildman–Crippen LogP) is 0.154. The Morgan fingerprint density at radius 3 is 2.85 bits per heavy atom. The van der Waals surface area contributed by atoms with Crippen LogP contribution in [0, 0.1) is 11.8 Å². The van der Waals surface area contributed by atoms with Gasteiger partial charge in [-0.25, -0.2) is 4.98 Å². The van der Waals surface area contributed by atoms with Gasteiger partial charge in [-0.15, -0.1) is 0 Å². The molecule has 0 aliphatic heterocycles. The van der Waals surface area contributed by atoms with E-state index in [2.05, 4.69) is 16.8 Å². The number of nitrogen functional groups attached to an aromatic ring is 1. The third kappa shape index (κ3) is 2.65. The molecule has 0 spiro atoms. The minimum absolute atomic E-state index is 0.213. The number of pyridine rings is 1. The van der Waals surface area contributed by atoms with Gasteiger partial charge in [-0.3, -0.25) is 4.79 Å². The van der Waals surface area contributed by atoms with Crippen molar-refractivity contribution in [3.8, 4) is 11.8 Å². The number of anilines is 1. The molecule has 0 aromatic carbocycles. The Labute approximate surface area is 79.9 Å². The zero-order valence-electron chi connectivity index (χ0n) is 6.54. The number of carbonyl (C=O) groups excluding carboxylic acids is 1. The van der Waals surface area contributed by atoms with E-state index in [0.29, 0.717) is 11.3 Å². The Kier molecular flexibility index (Phi) is 2.72. The zero-order chi connectivity index (χ0) is 9.84. The van der Waals surface area contributed by atoms with E-state index in [1.165, 1.54) is 12.3 Å². The number of carbonyl (C=O) groups is 1. The van der Waals surface area contributed by atoms with E-state index >= 15 is 0 Å². The Balaban J connectivity index is 3.00. The lowest BCUT2D eigenvalue weighted by Gasteiger charge is -1.95. The highest BCUT2D eigenvalue weighted by Gasteiger charge is 1.96. The largest absolute Gasteiger partial charge is 0.396 e. The summed E-state index contributed by atoms with van der Waals surface area (Å²) in [5, 5.41) is 0.213. The molecule has 0 fully saturated rings. The van der Waals surface area contributed by atoms with Gasteiger partial charge < -0.3 is 11.5 Å². The lowest BCUT2D eigenvalue weighted by Crippen LogP contribution is -2.06. The molecular weight excluding hydrogens is 190 g/mol. The Hall–Kier alpha value is -1.73. The molecule has 0 aliphatic rings. The molecule has 0 radical (unpaired) electrons. The number of aromatic nitrogens is 1. The number of halogens is 1. The monoisotopic (exact) mass is 195 g/mol. The normalized spacial score (nSPS) is 8.69. The number of rotatable bonds is 0. The maximum absolute atomic E-state index is 10.3. The van der Waals surface area contributed by atoms with Crippen LogP contribution >= 0.6 is 11.6 Å². The molecular formula is C8H6ClN3O. The van der Waals surface area contributed by atoms with Crippen LogP contribution in [0.15, 0.2) is 12.3 Å². The molecule has 0 bridgehead atoms. The second-order valence-corrected chi connectivity index (χ2v) is 2.58. The molecule has 0 atom stereocenters. The first-order valence-corrected chi connectivity index (χ1v) is 3.70. The Morgan fingerprint density at radius 2 is 2.31 bits per heavy atom. The molecule has 13 heavy (non-hydrogen) atoms. The van der Waals surface area contributed by atoms with E-state index in [1.807, 2.05) is 0 Å². The highest BCUT2D eigenvalue weighted by Crippen LogP contribution is 2.15. The van der Waals surface area contributed by atoms with Crippen molar-refractivity contribution >= 4 is 23.2 Å². The zero-order valence-corrected chi connectivity index (χ0v) is 7.30. The minimum Gasteiger partial charge on any atom is -0.396 e. The van der Waals surface area contributed by atoms with Crippen LogP contribution in [0.2, 0.25) is 5.15 Å². The molecule has 1 aromatic heterocycles. The quantitative estimate of drug-likeness (QED) is 0.457. The van der Waals surface area contributed by atoms with Crippen LogP contribution in [0.4, 0.5) is 5.69 Å². The van der Waals surface area contributed by atoms with Crippen molar-refractivity contribution in [3.63, 3.8) is 0 Å². The van der Waals surface area contributed by atoms with Crippen LogP contribution in [0.5, 0.6) is 0 Å². The maximum Gasteiger partial charge on any atom is 0.293 e. The lowest BCUT2D eigenvalue weighted by atomic mass is 10.2. The van der Waals surface area contributed by atoms with Crippen molar-refractivity contribution in [2.45, 2.75) is 0 Å². The predicted molar refractivity (Wildman–Crippen MR) is 49.7 cm³/mol. The van der Waals surface area contributed by atoms with Gasteiger partial charge in [-0.2, -0.15) is 0 Å².